The first-order valence-corrected chi connectivity index (χ1v) is 41.8. The van der Waals surface area contributed by atoms with Crippen molar-refractivity contribution >= 4 is 39.5 Å². The number of carbonyl (C=O) groups excluding carboxylic acids is 4. The molecule has 0 heterocycles. The Balaban J connectivity index is 5.22. The van der Waals surface area contributed by atoms with Crippen LogP contribution >= 0.6 is 15.6 Å². The van der Waals surface area contributed by atoms with E-state index in [2.05, 4.69) is 48.5 Å². The second-order valence-corrected chi connectivity index (χ2v) is 31.4. The van der Waals surface area contributed by atoms with Gasteiger partial charge < -0.3 is 33.8 Å². The van der Waals surface area contributed by atoms with E-state index in [-0.39, 0.29) is 25.7 Å². The van der Waals surface area contributed by atoms with Crippen LogP contribution in [0.25, 0.3) is 0 Å². The van der Waals surface area contributed by atoms with Crippen molar-refractivity contribution < 1.29 is 80.2 Å². The zero-order valence-corrected chi connectivity index (χ0v) is 63.2. The molecule has 0 bridgehead atoms. The number of carbonyl (C=O) groups is 4. The Morgan fingerprint density at radius 3 is 0.723 bits per heavy atom. The topological polar surface area (TPSA) is 237 Å². The molecule has 0 amide bonds. The van der Waals surface area contributed by atoms with E-state index in [4.69, 9.17) is 37.0 Å². The zero-order chi connectivity index (χ0) is 69.4. The molecule has 94 heavy (non-hydrogen) atoms. The van der Waals surface area contributed by atoms with Gasteiger partial charge in [0.05, 0.1) is 26.4 Å². The van der Waals surface area contributed by atoms with Gasteiger partial charge in [-0.2, -0.15) is 0 Å². The molecular weight excluding hydrogens is 1230 g/mol. The van der Waals surface area contributed by atoms with E-state index in [1.165, 1.54) is 193 Å². The Labute approximate surface area is 575 Å². The van der Waals surface area contributed by atoms with Crippen molar-refractivity contribution in [1.82, 2.24) is 0 Å². The fraction of sp³-hybridized carbons (Fsp3) is 0.947. The summed E-state index contributed by atoms with van der Waals surface area (Å²) in [6.07, 6.45) is 51.4. The van der Waals surface area contributed by atoms with Gasteiger partial charge in [-0.25, -0.2) is 9.13 Å². The maximum Gasteiger partial charge on any atom is 0.472 e. The Kier molecular flexibility index (Phi) is 64.3. The predicted molar refractivity (Wildman–Crippen MR) is 381 cm³/mol. The summed E-state index contributed by atoms with van der Waals surface area (Å²) in [5.74, 6) is 0.191. The average molecular weight is 1380 g/mol. The highest BCUT2D eigenvalue weighted by atomic mass is 31.2. The normalized spacial score (nSPS) is 14.1. The minimum absolute atomic E-state index is 0.104. The summed E-state index contributed by atoms with van der Waals surface area (Å²) in [4.78, 5) is 72.7. The molecule has 5 atom stereocenters. The second kappa shape index (κ2) is 65.7. The minimum atomic E-state index is -4.96. The molecule has 2 unspecified atom stereocenters. The van der Waals surface area contributed by atoms with E-state index in [0.29, 0.717) is 25.7 Å². The number of esters is 4. The van der Waals surface area contributed by atoms with Crippen LogP contribution in [-0.4, -0.2) is 96.7 Å². The van der Waals surface area contributed by atoms with Crippen molar-refractivity contribution in [2.45, 2.75) is 401 Å². The van der Waals surface area contributed by atoms with Gasteiger partial charge in [0.15, 0.2) is 12.2 Å². The lowest BCUT2D eigenvalue weighted by atomic mass is 10.0. The van der Waals surface area contributed by atoms with Crippen LogP contribution in [0.2, 0.25) is 0 Å². The highest BCUT2D eigenvalue weighted by Crippen LogP contribution is 2.45. The number of hydrogen-bond donors (Lipinski definition) is 3. The van der Waals surface area contributed by atoms with Gasteiger partial charge in [0.25, 0.3) is 0 Å². The maximum atomic E-state index is 13.1. The average Bonchev–Trinajstić information content (AvgIpc) is 1.76. The molecule has 0 saturated carbocycles. The summed E-state index contributed by atoms with van der Waals surface area (Å²) in [6.45, 7) is 11.9. The fourth-order valence-corrected chi connectivity index (χ4v) is 13.0. The number of aliphatic hydroxyl groups excluding tert-OH is 1. The first-order valence-electron chi connectivity index (χ1n) is 38.8. The van der Waals surface area contributed by atoms with E-state index in [0.717, 1.165) is 108 Å². The van der Waals surface area contributed by atoms with Gasteiger partial charge in [-0.15, -0.1) is 0 Å². The van der Waals surface area contributed by atoms with Crippen LogP contribution in [0.4, 0.5) is 0 Å². The molecule has 0 radical (unpaired) electrons. The lowest BCUT2D eigenvalue weighted by molar-refractivity contribution is -0.161. The van der Waals surface area contributed by atoms with E-state index in [9.17, 15) is 43.2 Å². The number of phosphoric ester groups is 2. The van der Waals surface area contributed by atoms with Gasteiger partial charge in [0.1, 0.15) is 19.3 Å². The molecule has 0 aromatic rings. The molecule has 558 valence electrons. The molecular formula is C75H146O17P2. The monoisotopic (exact) mass is 1380 g/mol. The van der Waals surface area contributed by atoms with Crippen LogP contribution in [0, 0.1) is 17.8 Å². The largest absolute Gasteiger partial charge is 0.472 e. The zero-order valence-electron chi connectivity index (χ0n) is 61.4. The van der Waals surface area contributed by atoms with Crippen molar-refractivity contribution in [3.05, 3.63) is 0 Å². The van der Waals surface area contributed by atoms with E-state index in [1.807, 2.05) is 0 Å². The number of hydrogen-bond acceptors (Lipinski definition) is 15. The Hall–Kier alpha value is -1.94. The third kappa shape index (κ3) is 68.6. The lowest BCUT2D eigenvalue weighted by Gasteiger charge is -2.21. The molecule has 0 aliphatic rings. The Morgan fingerprint density at radius 1 is 0.287 bits per heavy atom. The molecule has 19 heteroatoms. The molecule has 17 nitrogen and oxygen atoms in total. The van der Waals surface area contributed by atoms with Crippen molar-refractivity contribution in [2.24, 2.45) is 17.8 Å². The van der Waals surface area contributed by atoms with Gasteiger partial charge in [0, 0.05) is 25.7 Å². The van der Waals surface area contributed by atoms with E-state index < -0.39 is 97.5 Å². The van der Waals surface area contributed by atoms with Gasteiger partial charge in [0.2, 0.25) is 0 Å². The summed E-state index contributed by atoms with van der Waals surface area (Å²) in [7, 11) is -9.91. The molecule has 0 aliphatic heterocycles. The molecule has 0 aromatic heterocycles. The number of ether oxygens (including phenoxy) is 4. The van der Waals surface area contributed by atoms with Crippen LogP contribution in [-0.2, 0) is 65.4 Å². The van der Waals surface area contributed by atoms with Crippen molar-refractivity contribution in [2.75, 3.05) is 39.6 Å². The van der Waals surface area contributed by atoms with Gasteiger partial charge >= 0.3 is 39.5 Å². The highest BCUT2D eigenvalue weighted by Gasteiger charge is 2.30. The number of rotatable bonds is 73. The van der Waals surface area contributed by atoms with E-state index in [1.54, 1.807) is 0 Å². The summed E-state index contributed by atoms with van der Waals surface area (Å²) >= 11 is 0. The molecule has 3 N–H and O–H groups in total. The third-order valence-electron chi connectivity index (χ3n) is 17.4. The predicted octanol–water partition coefficient (Wildman–Crippen LogP) is 21.8. The van der Waals surface area contributed by atoms with Gasteiger partial charge in [-0.1, -0.05) is 331 Å². The summed E-state index contributed by atoms with van der Waals surface area (Å²) in [6, 6.07) is 0. The first kappa shape index (κ1) is 92.1. The number of unbranched alkanes of at least 4 members (excludes halogenated alkanes) is 41. The smallest absolute Gasteiger partial charge is 0.462 e. The van der Waals surface area contributed by atoms with Crippen LogP contribution < -0.4 is 0 Å². The highest BCUT2D eigenvalue weighted by molar-refractivity contribution is 7.47. The first-order chi connectivity index (χ1) is 45.2. The molecule has 0 fully saturated rings. The third-order valence-corrected chi connectivity index (χ3v) is 19.3. The Morgan fingerprint density at radius 2 is 0.489 bits per heavy atom. The lowest BCUT2D eigenvalue weighted by Crippen LogP contribution is -2.30. The summed E-state index contributed by atoms with van der Waals surface area (Å²) in [5, 5.41) is 10.6. The minimum Gasteiger partial charge on any atom is -0.462 e. The van der Waals surface area contributed by atoms with Crippen LogP contribution in [0.5, 0.6) is 0 Å². The standard InChI is InChI=1S/C75H146O17P2/c1-8-9-10-11-12-25-35-42-49-56-72(77)85-62-71(92-75(80)59-52-45-38-31-30-34-41-48-55-68(6)7)65-90-94(83,84)88-61-69(76)60-87-93(81,82)89-64-70(63-86-73(78)57-50-43-36-28-23-20-16-18-22-27-33-40-47-54-67(4)5)91-74(79)58-51-44-37-29-24-19-15-13-14-17-21-26-32-39-46-53-66(2)3/h66-71,76H,8-65H2,1-7H3,(H,81,82)(H,83,84)/t69-,70-,71-/m1/s1. The number of phosphoric acid groups is 2. The molecule has 0 aliphatic carbocycles. The Bertz CT molecular complexity index is 1840. The summed E-state index contributed by atoms with van der Waals surface area (Å²) in [5.41, 5.74) is 0. The molecule has 0 aromatic carbocycles. The van der Waals surface area contributed by atoms with Gasteiger partial charge in [-0.05, 0) is 43.4 Å². The maximum absolute atomic E-state index is 13.1. The van der Waals surface area contributed by atoms with Crippen LogP contribution in [0.15, 0.2) is 0 Å². The van der Waals surface area contributed by atoms with Crippen molar-refractivity contribution in [3.8, 4) is 0 Å². The van der Waals surface area contributed by atoms with Crippen LogP contribution in [0.1, 0.15) is 382 Å². The summed E-state index contributed by atoms with van der Waals surface area (Å²) < 4.78 is 68.4. The van der Waals surface area contributed by atoms with Crippen molar-refractivity contribution in [3.63, 3.8) is 0 Å². The van der Waals surface area contributed by atoms with Gasteiger partial charge in [-0.3, -0.25) is 37.3 Å². The number of aliphatic hydroxyl groups is 1. The van der Waals surface area contributed by atoms with E-state index >= 15 is 0 Å². The van der Waals surface area contributed by atoms with Crippen molar-refractivity contribution in [1.29, 1.82) is 0 Å². The van der Waals surface area contributed by atoms with Crippen LogP contribution in [0.3, 0.4) is 0 Å². The molecule has 0 spiro atoms. The molecule has 0 saturated heterocycles. The molecule has 0 rings (SSSR count). The quantitative estimate of drug-likeness (QED) is 0.0222. The second-order valence-electron chi connectivity index (χ2n) is 28.5. The fourth-order valence-electron chi connectivity index (χ4n) is 11.4. The SMILES string of the molecule is CCCCCCCCCCCC(=O)OC[C@H](COP(=O)(O)OC[C@H](O)COP(=O)(O)OC[C@@H](COC(=O)CCCCCCCCCCCCCCCC(C)C)OC(=O)CCCCCCCCCCCCCCCCCC(C)C)OC(=O)CCCCCCCCCCC(C)C.